The van der Waals surface area contributed by atoms with E-state index in [0.717, 1.165) is 5.69 Å². The Labute approximate surface area is 164 Å². The fourth-order valence-corrected chi connectivity index (χ4v) is 3.63. The van der Waals surface area contributed by atoms with Crippen molar-refractivity contribution in [2.75, 3.05) is 17.7 Å². The number of hydrogen-bond acceptors (Lipinski definition) is 6. The lowest BCUT2D eigenvalue weighted by molar-refractivity contribution is -0.115. The molecule has 9 heteroatoms. The summed E-state index contributed by atoms with van der Waals surface area (Å²) in [5.74, 6) is 0.266. The van der Waals surface area contributed by atoms with Gasteiger partial charge in [-0.3, -0.25) is 9.59 Å². The summed E-state index contributed by atoms with van der Waals surface area (Å²) in [4.78, 5) is 35.8. The molecule has 2 aromatic heterocycles. The fourth-order valence-electron chi connectivity index (χ4n) is 2.72. The lowest BCUT2D eigenvalue weighted by Crippen LogP contribution is -2.29. The van der Waals surface area contributed by atoms with Gasteiger partial charge in [-0.2, -0.15) is 10.1 Å². The number of fused-ring (bicyclic) bond motifs is 1. The smallest absolute Gasteiger partial charge is 0.269 e. The lowest BCUT2D eigenvalue weighted by Gasteiger charge is -2.17. The summed E-state index contributed by atoms with van der Waals surface area (Å²) in [6.45, 7) is 0. The maximum absolute atomic E-state index is 13.0. The van der Waals surface area contributed by atoms with Crippen LogP contribution >= 0.6 is 11.8 Å². The van der Waals surface area contributed by atoms with Crippen molar-refractivity contribution >= 4 is 34.3 Å². The van der Waals surface area contributed by atoms with Crippen LogP contribution in [-0.2, 0) is 4.79 Å². The van der Waals surface area contributed by atoms with E-state index in [1.165, 1.54) is 22.7 Å². The Balaban J connectivity index is 1.67. The van der Waals surface area contributed by atoms with E-state index in [-0.39, 0.29) is 23.2 Å². The van der Waals surface area contributed by atoms with Crippen molar-refractivity contribution in [2.24, 2.45) is 0 Å². The van der Waals surface area contributed by atoms with Gasteiger partial charge >= 0.3 is 0 Å². The second-order valence-corrected chi connectivity index (χ2v) is 6.88. The number of aromatic amines is 1. The molecule has 0 bridgehead atoms. The zero-order valence-electron chi connectivity index (χ0n) is 14.9. The van der Waals surface area contributed by atoms with Crippen LogP contribution in [0.25, 0.3) is 16.9 Å². The first-order valence-corrected chi connectivity index (χ1v) is 9.45. The van der Waals surface area contributed by atoms with Crippen molar-refractivity contribution in [3.8, 4) is 5.95 Å². The monoisotopic (exact) mass is 392 g/mol. The number of rotatable bonds is 5. The molecule has 2 heterocycles. The van der Waals surface area contributed by atoms with E-state index in [0.29, 0.717) is 16.1 Å². The lowest BCUT2D eigenvalue weighted by atomic mass is 10.2. The van der Waals surface area contributed by atoms with Crippen molar-refractivity contribution in [3.63, 3.8) is 0 Å². The summed E-state index contributed by atoms with van der Waals surface area (Å²) < 4.78 is 1.34. The molecular weight excluding hydrogens is 376 g/mol. The maximum atomic E-state index is 13.0. The number of carbonyl (C=O) groups is 1. The molecule has 0 saturated heterocycles. The number of benzene rings is 2. The van der Waals surface area contributed by atoms with Gasteiger partial charge in [-0.25, -0.2) is 14.6 Å². The van der Waals surface area contributed by atoms with E-state index >= 15 is 0 Å². The van der Waals surface area contributed by atoms with Gasteiger partial charge in [0.05, 0.1) is 16.7 Å². The average Bonchev–Trinajstić information content (AvgIpc) is 3.26. The third-order valence-electron chi connectivity index (χ3n) is 4.20. The summed E-state index contributed by atoms with van der Waals surface area (Å²) in [6, 6.07) is 16.4. The number of hydrogen-bond donors (Lipinski definition) is 1. The standard InChI is InChI=1S/C19H16N6O2S/c1-24(13-7-3-2-4-8-13)16(26)11-28-19-22-15-10-6-5-9-14(15)17(27)25(19)18-20-12-21-23-18/h2-10,12H,11H2,1H3,(H,20,21,23). The van der Waals surface area contributed by atoms with E-state index in [2.05, 4.69) is 20.2 Å². The topological polar surface area (TPSA) is 96.8 Å². The van der Waals surface area contributed by atoms with Crippen LogP contribution in [0.1, 0.15) is 0 Å². The Morgan fingerprint density at radius 2 is 1.89 bits per heavy atom. The Morgan fingerprint density at radius 3 is 2.64 bits per heavy atom. The van der Waals surface area contributed by atoms with Crippen LogP contribution in [0, 0.1) is 0 Å². The SMILES string of the molecule is CN(C(=O)CSc1nc2ccccc2c(=O)n1-c1ncn[nH]1)c1ccccc1. The minimum atomic E-state index is -0.270. The van der Waals surface area contributed by atoms with Gasteiger partial charge < -0.3 is 4.90 Å². The second kappa shape index (κ2) is 7.65. The first-order valence-electron chi connectivity index (χ1n) is 8.47. The molecule has 1 amide bonds. The van der Waals surface area contributed by atoms with E-state index in [4.69, 9.17) is 0 Å². The normalized spacial score (nSPS) is 10.9. The number of carbonyl (C=O) groups excluding carboxylic acids is 1. The molecule has 0 aliphatic carbocycles. The largest absolute Gasteiger partial charge is 0.315 e. The van der Waals surface area contributed by atoms with E-state index in [9.17, 15) is 9.59 Å². The molecule has 140 valence electrons. The third-order valence-corrected chi connectivity index (χ3v) is 5.12. The van der Waals surface area contributed by atoms with Crippen LogP contribution in [0.15, 0.2) is 70.9 Å². The number of nitrogens with one attached hydrogen (secondary N) is 1. The molecule has 0 fully saturated rings. The third kappa shape index (κ3) is 3.39. The zero-order valence-corrected chi connectivity index (χ0v) is 15.8. The molecule has 4 aromatic rings. The highest BCUT2D eigenvalue weighted by atomic mass is 32.2. The quantitative estimate of drug-likeness (QED) is 0.413. The van der Waals surface area contributed by atoms with Crippen molar-refractivity contribution in [2.45, 2.75) is 5.16 Å². The number of aromatic nitrogens is 5. The van der Waals surface area contributed by atoms with Gasteiger partial charge in [0.25, 0.3) is 5.56 Å². The summed E-state index contributed by atoms with van der Waals surface area (Å²) >= 11 is 1.18. The highest BCUT2D eigenvalue weighted by Gasteiger charge is 2.18. The van der Waals surface area contributed by atoms with Crippen LogP contribution in [0.3, 0.4) is 0 Å². The maximum Gasteiger partial charge on any atom is 0.269 e. The molecule has 8 nitrogen and oxygen atoms in total. The molecule has 0 saturated carbocycles. The summed E-state index contributed by atoms with van der Waals surface area (Å²) in [5, 5.41) is 7.34. The van der Waals surface area contributed by atoms with Gasteiger partial charge in [0.2, 0.25) is 11.9 Å². The molecule has 2 aromatic carbocycles. The van der Waals surface area contributed by atoms with Crippen LogP contribution in [0.2, 0.25) is 0 Å². The molecule has 0 spiro atoms. The van der Waals surface area contributed by atoms with Crippen LogP contribution < -0.4 is 10.5 Å². The predicted octanol–water partition coefficient (Wildman–Crippen LogP) is 2.26. The number of H-pyrrole nitrogens is 1. The molecule has 0 aliphatic heterocycles. The van der Waals surface area contributed by atoms with E-state index in [1.807, 2.05) is 36.4 Å². The van der Waals surface area contributed by atoms with Gasteiger partial charge in [0.1, 0.15) is 6.33 Å². The van der Waals surface area contributed by atoms with Crippen molar-refractivity contribution in [1.82, 2.24) is 24.7 Å². The Morgan fingerprint density at radius 1 is 1.14 bits per heavy atom. The van der Waals surface area contributed by atoms with Gasteiger partial charge in [0.15, 0.2) is 5.16 Å². The van der Waals surface area contributed by atoms with E-state index in [1.54, 1.807) is 30.1 Å². The molecule has 0 radical (unpaired) electrons. The molecule has 4 rings (SSSR count). The predicted molar refractivity (Wildman–Crippen MR) is 108 cm³/mol. The van der Waals surface area contributed by atoms with Gasteiger partial charge in [-0.15, -0.1) is 0 Å². The van der Waals surface area contributed by atoms with Crippen LogP contribution in [0.5, 0.6) is 0 Å². The first kappa shape index (κ1) is 17.9. The van der Waals surface area contributed by atoms with Crippen molar-refractivity contribution in [3.05, 3.63) is 71.3 Å². The number of anilines is 1. The van der Waals surface area contributed by atoms with Crippen molar-refractivity contribution < 1.29 is 4.79 Å². The summed E-state index contributed by atoms with van der Waals surface area (Å²) in [6.07, 6.45) is 1.32. The van der Waals surface area contributed by atoms with Gasteiger partial charge in [0, 0.05) is 12.7 Å². The highest BCUT2D eigenvalue weighted by molar-refractivity contribution is 7.99. The Kier molecular flexibility index (Phi) is 4.90. The number of para-hydroxylation sites is 2. The van der Waals surface area contributed by atoms with Gasteiger partial charge in [-0.1, -0.05) is 42.1 Å². The Bertz CT molecular complexity index is 1170. The molecule has 0 unspecified atom stereocenters. The highest BCUT2D eigenvalue weighted by Crippen LogP contribution is 2.21. The van der Waals surface area contributed by atoms with Crippen LogP contribution in [0.4, 0.5) is 5.69 Å². The zero-order chi connectivity index (χ0) is 19.5. The van der Waals surface area contributed by atoms with Crippen molar-refractivity contribution in [1.29, 1.82) is 0 Å². The minimum absolute atomic E-state index is 0.109. The minimum Gasteiger partial charge on any atom is -0.315 e. The second-order valence-electron chi connectivity index (χ2n) is 5.94. The molecule has 0 atom stereocenters. The Hall–Kier alpha value is -3.46. The molecular formula is C19H16N6O2S. The van der Waals surface area contributed by atoms with Gasteiger partial charge in [-0.05, 0) is 24.3 Å². The molecule has 0 aliphatic rings. The first-order chi connectivity index (χ1) is 13.6. The summed E-state index contributed by atoms with van der Waals surface area (Å²) in [5.41, 5.74) is 1.09. The number of nitrogens with zero attached hydrogens (tertiary/aromatic N) is 5. The average molecular weight is 392 g/mol. The van der Waals surface area contributed by atoms with E-state index < -0.39 is 0 Å². The summed E-state index contributed by atoms with van der Waals surface area (Å²) in [7, 11) is 1.72. The van der Waals surface area contributed by atoms with Crippen LogP contribution in [-0.4, -0.2) is 43.4 Å². The molecule has 1 N–H and O–H groups in total. The fraction of sp³-hybridized carbons (Fsp3) is 0.105. The molecule has 28 heavy (non-hydrogen) atoms. The number of amides is 1. The number of thioether (sulfide) groups is 1.